The van der Waals surface area contributed by atoms with Crippen LogP contribution in [-0.4, -0.2) is 24.5 Å². The van der Waals surface area contributed by atoms with E-state index in [0.29, 0.717) is 16.8 Å². The average molecular weight is 589 g/mol. The van der Waals surface area contributed by atoms with Gasteiger partial charge in [-0.3, -0.25) is 4.98 Å². The van der Waals surface area contributed by atoms with Gasteiger partial charge in [-0.25, -0.2) is 14.8 Å². The van der Waals surface area contributed by atoms with Crippen molar-refractivity contribution in [2.45, 2.75) is 12.7 Å². The summed E-state index contributed by atoms with van der Waals surface area (Å²) < 4.78 is 71.2. The molecule has 0 saturated carbocycles. The molecule has 1 N–H and O–H groups in total. The number of nitrogens with zero attached hydrogens (tertiary/aromatic N) is 5. The Hall–Kier alpha value is -5.52. The number of alkyl halides is 3. The highest BCUT2D eigenvalue weighted by molar-refractivity contribution is 5.75. The smallest absolute Gasteiger partial charge is 0.416 e. The molecule has 0 saturated heterocycles. The number of pyridine rings is 4. The molecule has 5 aromatic heterocycles. The van der Waals surface area contributed by atoms with Crippen molar-refractivity contribution in [2.75, 3.05) is 0 Å². The van der Waals surface area contributed by atoms with Crippen LogP contribution < -0.4 is 10.1 Å². The van der Waals surface area contributed by atoms with Crippen molar-refractivity contribution in [1.29, 1.82) is 0 Å². The van der Waals surface area contributed by atoms with Crippen LogP contribution in [0.3, 0.4) is 0 Å². The van der Waals surface area contributed by atoms with Gasteiger partial charge < -0.3 is 5.11 Å². The monoisotopic (exact) mass is 588 g/mol. The van der Waals surface area contributed by atoms with Crippen molar-refractivity contribution < 1.29 is 31.6 Å². The van der Waals surface area contributed by atoms with E-state index in [0.717, 1.165) is 24.4 Å². The van der Waals surface area contributed by atoms with Gasteiger partial charge in [0.1, 0.15) is 6.54 Å². The lowest BCUT2D eigenvalue weighted by Crippen LogP contribution is -2.41. The maximum absolute atomic E-state index is 14.0. The average Bonchev–Trinajstić information content (AvgIpc) is 3.00. The molecule has 214 valence electrons. The van der Waals surface area contributed by atoms with E-state index < -0.39 is 35.1 Å². The normalized spacial score (nSPS) is 11.7. The third-order valence-corrected chi connectivity index (χ3v) is 6.83. The predicted octanol–water partition coefficient (Wildman–Crippen LogP) is 5.82. The number of rotatable bonds is 5. The third-order valence-electron chi connectivity index (χ3n) is 6.83. The molecule has 0 spiro atoms. The van der Waals surface area contributed by atoms with E-state index >= 15 is 0 Å². The van der Waals surface area contributed by atoms with Crippen LogP contribution in [0.1, 0.15) is 11.1 Å². The Kier molecular flexibility index (Phi) is 6.88. The molecule has 0 aliphatic heterocycles. The molecule has 0 bridgehead atoms. The second-order valence-corrected chi connectivity index (χ2v) is 9.61. The Morgan fingerprint density at radius 1 is 0.767 bits per heavy atom. The van der Waals surface area contributed by atoms with E-state index in [4.69, 9.17) is 0 Å². The molecule has 6 rings (SSSR count). The Morgan fingerprint density at radius 2 is 1.47 bits per heavy atom. The summed E-state index contributed by atoms with van der Waals surface area (Å²) in [6.45, 7) is -0.00469. The van der Waals surface area contributed by atoms with Gasteiger partial charge in [-0.05, 0) is 65.7 Å². The lowest BCUT2D eigenvalue weighted by atomic mass is 9.97. The molecule has 0 aliphatic carbocycles. The number of aromatic nitrogens is 5. The van der Waals surface area contributed by atoms with E-state index in [2.05, 4.69) is 15.0 Å². The molecule has 0 atom stereocenters. The molecule has 12 heteroatoms. The minimum atomic E-state index is -4.79. The Balaban J connectivity index is 1.50. The minimum Gasteiger partial charge on any atom is -0.477 e. The second-order valence-electron chi connectivity index (χ2n) is 9.61. The molecule has 0 radical (unpaired) electrons. The van der Waals surface area contributed by atoms with Crippen LogP contribution in [-0.2, 0) is 12.7 Å². The summed E-state index contributed by atoms with van der Waals surface area (Å²) in [4.78, 5) is 25.2. The van der Waals surface area contributed by atoms with Crippen molar-refractivity contribution in [3.8, 4) is 39.4 Å². The highest BCUT2D eigenvalue weighted by Crippen LogP contribution is 2.37. The zero-order valence-electron chi connectivity index (χ0n) is 21.9. The standard InChI is InChI=1S/C31H18F5N5O2/c32-25-8-5-19(15-38-25)21-11-22(13-23(12-21)31(34,35)36)28-29(42)40-10-2-1-3-27(40)41(30(28)43)17-18-4-7-24(37-14-18)20-6-9-26(33)39-16-20/h1-16H,17H2/p+1. The Bertz CT molecular complexity index is 2030. The lowest BCUT2D eigenvalue weighted by Gasteiger charge is -2.14. The van der Waals surface area contributed by atoms with E-state index in [-0.39, 0.29) is 34.4 Å². The molecule has 0 unspecified atom stereocenters. The molecular weight excluding hydrogens is 569 g/mol. The number of benzene rings is 1. The summed E-state index contributed by atoms with van der Waals surface area (Å²) in [7, 11) is 0. The first-order valence-electron chi connectivity index (χ1n) is 12.8. The second kappa shape index (κ2) is 10.7. The summed E-state index contributed by atoms with van der Waals surface area (Å²) in [6.07, 6.45) is 0.606. The van der Waals surface area contributed by atoms with Crippen molar-refractivity contribution in [3.05, 3.63) is 131 Å². The fraction of sp³-hybridized carbons (Fsp3) is 0.0645. The molecule has 43 heavy (non-hydrogen) atoms. The maximum atomic E-state index is 14.0. The van der Waals surface area contributed by atoms with Crippen LogP contribution in [0.2, 0.25) is 0 Å². The lowest BCUT2D eigenvalue weighted by molar-refractivity contribution is -0.671. The van der Waals surface area contributed by atoms with Crippen LogP contribution in [0.5, 0.6) is 5.88 Å². The zero-order chi connectivity index (χ0) is 30.3. The molecule has 1 aromatic carbocycles. The van der Waals surface area contributed by atoms with Gasteiger partial charge in [-0.2, -0.15) is 30.9 Å². The highest BCUT2D eigenvalue weighted by atomic mass is 19.4. The first-order chi connectivity index (χ1) is 20.6. The van der Waals surface area contributed by atoms with Gasteiger partial charge in [0.2, 0.25) is 11.9 Å². The van der Waals surface area contributed by atoms with Crippen LogP contribution in [0.4, 0.5) is 22.0 Å². The molecule has 0 amide bonds. The van der Waals surface area contributed by atoms with Crippen LogP contribution in [0.15, 0.2) is 102 Å². The summed E-state index contributed by atoms with van der Waals surface area (Å²) >= 11 is 0. The highest BCUT2D eigenvalue weighted by Gasteiger charge is 2.33. The van der Waals surface area contributed by atoms with Gasteiger partial charge in [0.05, 0.1) is 17.5 Å². The van der Waals surface area contributed by atoms with Gasteiger partial charge in [-0.15, -0.1) is 0 Å². The molecule has 5 heterocycles. The summed E-state index contributed by atoms with van der Waals surface area (Å²) in [5.41, 5.74) is -0.195. The van der Waals surface area contributed by atoms with Gasteiger partial charge in [0.15, 0.2) is 5.56 Å². The van der Waals surface area contributed by atoms with Crippen molar-refractivity contribution >= 4 is 5.65 Å². The topological polar surface area (TPSA) is 84.3 Å². The zero-order valence-corrected chi connectivity index (χ0v) is 21.9. The summed E-state index contributed by atoms with van der Waals surface area (Å²) in [5, 5.41) is 11.5. The molecule has 6 aromatic rings. The van der Waals surface area contributed by atoms with E-state index in [9.17, 15) is 31.9 Å². The van der Waals surface area contributed by atoms with Gasteiger partial charge >= 0.3 is 11.7 Å². The first-order valence-corrected chi connectivity index (χ1v) is 12.8. The third kappa shape index (κ3) is 5.42. The van der Waals surface area contributed by atoms with Gasteiger partial charge in [0.25, 0.3) is 11.5 Å². The van der Waals surface area contributed by atoms with Gasteiger partial charge in [0, 0.05) is 41.3 Å². The number of fused-ring (bicyclic) bond motifs is 1. The van der Waals surface area contributed by atoms with Crippen molar-refractivity contribution in [2.24, 2.45) is 0 Å². The Labute approximate surface area is 239 Å². The largest absolute Gasteiger partial charge is 0.477 e. The van der Waals surface area contributed by atoms with E-state index in [1.54, 1.807) is 30.3 Å². The summed E-state index contributed by atoms with van der Waals surface area (Å²) in [6, 6.07) is 16.2. The number of halogens is 5. The van der Waals surface area contributed by atoms with Crippen LogP contribution in [0.25, 0.3) is 39.2 Å². The molecule has 0 aliphatic rings. The maximum Gasteiger partial charge on any atom is 0.416 e. The van der Waals surface area contributed by atoms with Crippen LogP contribution >= 0.6 is 0 Å². The van der Waals surface area contributed by atoms with E-state index in [1.165, 1.54) is 51.8 Å². The SMILES string of the molecule is O=c1c(-c2cc(-c3ccc(F)nc3)cc(C(F)(F)F)c2)c(O)[n+](Cc2ccc(-c3ccc(F)nc3)nc2)c2ccccn12. The van der Waals surface area contributed by atoms with Crippen molar-refractivity contribution in [3.63, 3.8) is 0 Å². The van der Waals surface area contributed by atoms with Crippen molar-refractivity contribution in [1.82, 2.24) is 19.4 Å². The fourth-order valence-corrected chi connectivity index (χ4v) is 4.74. The van der Waals surface area contributed by atoms with Gasteiger partial charge in [-0.1, -0.05) is 12.1 Å². The number of hydrogen-bond acceptors (Lipinski definition) is 5. The Morgan fingerprint density at radius 3 is 2.09 bits per heavy atom. The molecule has 0 fully saturated rings. The predicted molar refractivity (Wildman–Crippen MR) is 146 cm³/mol. The summed E-state index contributed by atoms with van der Waals surface area (Å²) in [5.74, 6) is -2.00. The fourth-order valence-electron chi connectivity index (χ4n) is 4.74. The first kappa shape index (κ1) is 27.6. The van der Waals surface area contributed by atoms with Crippen LogP contribution in [0, 0.1) is 11.9 Å². The number of hydrogen-bond donors (Lipinski definition) is 1. The minimum absolute atomic E-state index is 0.00469. The quantitative estimate of drug-likeness (QED) is 0.156. The molecular formula is C31H19F5N5O2+. The number of aromatic hydroxyl groups is 1. The van der Waals surface area contributed by atoms with E-state index in [1.807, 2.05) is 0 Å². The molecule has 7 nitrogen and oxygen atoms in total.